The molecule has 0 radical (unpaired) electrons. The van der Waals surface area contributed by atoms with Crippen molar-refractivity contribution in [1.29, 1.82) is 0 Å². The summed E-state index contributed by atoms with van der Waals surface area (Å²) in [5, 5.41) is 1.43. The third-order valence-electron chi connectivity index (χ3n) is 2.36. The second kappa shape index (κ2) is 4.51. The van der Waals surface area contributed by atoms with Crippen LogP contribution in [0.15, 0.2) is 22.1 Å². The molecule has 3 amide bonds. The molecule has 0 aromatic heterocycles. The molecule has 0 fully saturated rings. The highest BCUT2D eigenvalue weighted by Gasteiger charge is 2.34. The summed E-state index contributed by atoms with van der Waals surface area (Å²) in [5.41, 5.74) is -1.72. The van der Waals surface area contributed by atoms with Crippen LogP contribution in [0, 0.1) is 0 Å². The van der Waals surface area contributed by atoms with Gasteiger partial charge in [-0.1, -0.05) is 0 Å². The van der Waals surface area contributed by atoms with Gasteiger partial charge in [-0.2, -0.15) is 13.2 Å². The van der Waals surface area contributed by atoms with Gasteiger partial charge in [-0.15, -0.1) is 0 Å². The zero-order chi connectivity index (χ0) is 15.1. The largest absolute Gasteiger partial charge is 0.418 e. The van der Waals surface area contributed by atoms with E-state index in [1.165, 1.54) is 0 Å². The first kappa shape index (κ1) is 13.8. The summed E-state index contributed by atoms with van der Waals surface area (Å²) in [6.07, 6.45) is -4.76. The second-order valence-electron chi connectivity index (χ2n) is 3.90. The molecule has 1 aromatic rings. The van der Waals surface area contributed by atoms with Crippen LogP contribution >= 0.6 is 0 Å². The summed E-state index contributed by atoms with van der Waals surface area (Å²) in [6.45, 7) is 1.04. The van der Waals surface area contributed by atoms with E-state index in [-0.39, 0.29) is 10.7 Å². The zero-order valence-corrected chi connectivity index (χ0v) is 9.91. The molecular formula is C11H6F3N3O3. The predicted octanol–water partition coefficient (Wildman–Crippen LogP) is -0.0302. The number of benzene rings is 1. The predicted molar refractivity (Wildman–Crippen MR) is 58.1 cm³/mol. The Kier molecular flexibility index (Phi) is 3.12. The molecule has 9 heteroatoms. The van der Waals surface area contributed by atoms with E-state index in [0.29, 0.717) is 6.07 Å². The minimum Gasteiger partial charge on any atom is -0.326 e. The maximum absolute atomic E-state index is 12.9. The molecule has 2 rings (SSSR count). The van der Waals surface area contributed by atoms with Crippen LogP contribution in [0.1, 0.15) is 12.5 Å². The van der Waals surface area contributed by atoms with E-state index < -0.39 is 35.1 Å². The van der Waals surface area contributed by atoms with Crippen LogP contribution in [-0.2, 0) is 20.6 Å². The van der Waals surface area contributed by atoms with E-state index in [2.05, 4.69) is 9.98 Å². The molecule has 20 heavy (non-hydrogen) atoms. The molecular weight excluding hydrogens is 279 g/mol. The van der Waals surface area contributed by atoms with Crippen molar-refractivity contribution in [2.24, 2.45) is 9.98 Å². The van der Waals surface area contributed by atoms with Crippen LogP contribution in [0.25, 0.3) is 0 Å². The number of nitrogens with one attached hydrogen (secondary N) is 1. The van der Waals surface area contributed by atoms with Gasteiger partial charge in [-0.3, -0.25) is 14.4 Å². The standard InChI is InChI=1S/C11H6F3N3O3/c1-4(18)15-6-3-8-7(2-5(6)11(12,13)14)16-9(19)10(20)17-8/h2-3H,1H3,(H,15,18). The van der Waals surface area contributed by atoms with Gasteiger partial charge in [0.05, 0.1) is 22.0 Å². The number of rotatable bonds is 1. The Bertz CT molecular complexity index is 753. The Balaban J connectivity index is 2.77. The average molecular weight is 285 g/mol. The number of hydrogen-bond acceptors (Lipinski definition) is 3. The van der Waals surface area contributed by atoms with Crippen molar-refractivity contribution in [3.63, 3.8) is 0 Å². The summed E-state index contributed by atoms with van der Waals surface area (Å²) in [5.74, 6) is -3.13. The fourth-order valence-electron chi connectivity index (χ4n) is 1.60. The summed E-state index contributed by atoms with van der Waals surface area (Å²) in [4.78, 5) is 39.5. The zero-order valence-electron chi connectivity index (χ0n) is 9.91. The molecule has 0 unspecified atom stereocenters. The van der Waals surface area contributed by atoms with Crippen molar-refractivity contribution in [3.05, 3.63) is 28.4 Å². The van der Waals surface area contributed by atoms with E-state index >= 15 is 0 Å². The molecule has 0 spiro atoms. The number of carbonyl (C=O) groups is 3. The summed E-state index contributed by atoms with van der Waals surface area (Å²) < 4.78 is 38.6. The molecule has 0 saturated heterocycles. The minimum atomic E-state index is -4.76. The lowest BCUT2D eigenvalue weighted by Crippen LogP contribution is -2.36. The monoisotopic (exact) mass is 285 g/mol. The summed E-state index contributed by atoms with van der Waals surface area (Å²) >= 11 is 0. The molecule has 6 nitrogen and oxygen atoms in total. The van der Waals surface area contributed by atoms with Crippen LogP contribution in [-0.4, -0.2) is 17.7 Å². The van der Waals surface area contributed by atoms with Crippen molar-refractivity contribution in [1.82, 2.24) is 0 Å². The van der Waals surface area contributed by atoms with Gasteiger partial charge in [-0.05, 0) is 12.1 Å². The molecule has 1 N–H and O–H groups in total. The van der Waals surface area contributed by atoms with Gasteiger partial charge in [0.1, 0.15) is 0 Å². The number of carbonyl (C=O) groups excluding carboxylic acids is 3. The van der Waals surface area contributed by atoms with Gasteiger partial charge < -0.3 is 5.32 Å². The molecule has 0 aliphatic carbocycles. The van der Waals surface area contributed by atoms with E-state index in [4.69, 9.17) is 0 Å². The normalized spacial score (nSPS) is 14.2. The number of anilines is 1. The summed E-state index contributed by atoms with van der Waals surface area (Å²) in [6, 6.07) is 1.42. The Hall–Kier alpha value is -2.58. The van der Waals surface area contributed by atoms with Crippen LogP contribution in [0.3, 0.4) is 0 Å². The van der Waals surface area contributed by atoms with Gasteiger partial charge >= 0.3 is 18.0 Å². The van der Waals surface area contributed by atoms with Crippen molar-refractivity contribution in [2.45, 2.75) is 13.1 Å². The van der Waals surface area contributed by atoms with Gasteiger partial charge in [0.2, 0.25) is 5.91 Å². The first-order chi connectivity index (χ1) is 9.18. The number of alkyl halides is 3. The SMILES string of the molecule is CC(=O)Nc1cc2c(cc1C(F)(F)F)=NC(=O)C(=O)N=2. The molecule has 0 atom stereocenters. The van der Waals surface area contributed by atoms with Crippen molar-refractivity contribution >= 4 is 23.4 Å². The highest BCUT2D eigenvalue weighted by atomic mass is 19.4. The van der Waals surface area contributed by atoms with Crippen molar-refractivity contribution in [3.8, 4) is 0 Å². The van der Waals surface area contributed by atoms with Gasteiger partial charge in [-0.25, -0.2) is 9.98 Å². The molecule has 1 aliphatic heterocycles. The van der Waals surface area contributed by atoms with Crippen molar-refractivity contribution in [2.75, 3.05) is 5.32 Å². The molecule has 1 aromatic carbocycles. The molecule has 0 saturated carbocycles. The van der Waals surface area contributed by atoms with Crippen LogP contribution in [0.5, 0.6) is 0 Å². The van der Waals surface area contributed by atoms with Gasteiger partial charge in [0.25, 0.3) is 0 Å². The number of fused-ring (bicyclic) bond motifs is 1. The number of halogens is 3. The smallest absolute Gasteiger partial charge is 0.326 e. The number of amides is 3. The second-order valence-corrected chi connectivity index (χ2v) is 3.90. The number of nitrogens with zero attached hydrogens (tertiary/aromatic N) is 2. The Morgan fingerprint density at radius 1 is 1.10 bits per heavy atom. The maximum atomic E-state index is 12.9. The first-order valence-electron chi connectivity index (χ1n) is 5.23. The third kappa shape index (κ3) is 2.56. The maximum Gasteiger partial charge on any atom is 0.418 e. The molecule has 104 valence electrons. The minimum absolute atomic E-state index is 0.202. The van der Waals surface area contributed by atoms with E-state index in [1.807, 2.05) is 5.32 Å². The fourth-order valence-corrected chi connectivity index (χ4v) is 1.60. The van der Waals surface area contributed by atoms with Crippen LogP contribution < -0.4 is 16.0 Å². The van der Waals surface area contributed by atoms with Crippen molar-refractivity contribution < 1.29 is 27.6 Å². The van der Waals surface area contributed by atoms with E-state index in [1.54, 1.807) is 0 Å². The van der Waals surface area contributed by atoms with E-state index in [9.17, 15) is 27.6 Å². The number of hydrogen-bond donors (Lipinski definition) is 1. The van der Waals surface area contributed by atoms with Crippen LogP contribution in [0.4, 0.5) is 18.9 Å². The highest BCUT2D eigenvalue weighted by molar-refractivity contribution is 6.36. The first-order valence-corrected chi connectivity index (χ1v) is 5.23. The lowest BCUT2D eigenvalue weighted by molar-refractivity contribution is -0.137. The van der Waals surface area contributed by atoms with Gasteiger partial charge in [0.15, 0.2) is 0 Å². The Labute approximate surface area is 109 Å². The van der Waals surface area contributed by atoms with Crippen LogP contribution in [0.2, 0.25) is 0 Å². The fraction of sp³-hybridized carbons (Fsp3) is 0.182. The topological polar surface area (TPSA) is 88.0 Å². The van der Waals surface area contributed by atoms with Gasteiger partial charge in [0, 0.05) is 6.92 Å². The lowest BCUT2D eigenvalue weighted by Gasteiger charge is -2.13. The summed E-state index contributed by atoms with van der Waals surface area (Å²) in [7, 11) is 0. The quantitative estimate of drug-likeness (QED) is 0.735. The molecule has 0 bridgehead atoms. The molecule has 1 heterocycles. The Morgan fingerprint density at radius 2 is 1.60 bits per heavy atom. The third-order valence-corrected chi connectivity index (χ3v) is 2.36. The highest BCUT2D eigenvalue weighted by Crippen LogP contribution is 2.33. The van der Waals surface area contributed by atoms with E-state index in [0.717, 1.165) is 13.0 Å². The lowest BCUT2D eigenvalue weighted by atomic mass is 10.1. The Morgan fingerprint density at radius 3 is 2.05 bits per heavy atom. The average Bonchev–Trinajstić information content (AvgIpc) is 2.28. The molecule has 1 aliphatic rings.